The molecule has 1 saturated heterocycles. The standard InChI is InChI=1S/C12H13F3N2O4S/c13-12(14,15)10-2-1-9(7-16-10)22(20,21)17-5-3-8(4-6-17)11(18)19/h1-2,7-8H,3-6H2,(H,18,19). The zero-order valence-corrected chi connectivity index (χ0v) is 12.1. The average Bonchev–Trinajstić information content (AvgIpc) is 2.46. The van der Waals surface area contributed by atoms with Crippen LogP contribution in [-0.4, -0.2) is 41.9 Å². The highest BCUT2D eigenvalue weighted by atomic mass is 32.2. The average molecular weight is 338 g/mol. The molecule has 0 aliphatic carbocycles. The Balaban J connectivity index is 2.16. The van der Waals surface area contributed by atoms with Crippen molar-refractivity contribution in [3.8, 4) is 0 Å². The van der Waals surface area contributed by atoms with Crippen LogP contribution < -0.4 is 0 Å². The molecular weight excluding hydrogens is 325 g/mol. The summed E-state index contributed by atoms with van der Waals surface area (Å²) in [5, 5.41) is 8.87. The Hall–Kier alpha value is -1.68. The normalized spacial score (nSPS) is 18.3. The minimum absolute atomic E-state index is 0.0142. The Labute approximate surface area is 124 Å². The Bertz CT molecular complexity index is 650. The lowest BCUT2D eigenvalue weighted by molar-refractivity contribution is -0.143. The third-order valence-corrected chi connectivity index (χ3v) is 5.35. The van der Waals surface area contributed by atoms with E-state index in [1.165, 1.54) is 0 Å². The fourth-order valence-corrected chi connectivity index (χ4v) is 3.61. The Kier molecular flexibility index (Phi) is 4.43. The molecule has 1 aliphatic heterocycles. The molecule has 6 nitrogen and oxygen atoms in total. The molecule has 2 rings (SSSR count). The topological polar surface area (TPSA) is 87.6 Å². The molecule has 10 heteroatoms. The second kappa shape index (κ2) is 5.84. The van der Waals surface area contributed by atoms with Gasteiger partial charge in [-0.3, -0.25) is 9.78 Å². The number of carboxylic acid groups (broad SMARTS) is 1. The van der Waals surface area contributed by atoms with Gasteiger partial charge in [0.1, 0.15) is 10.6 Å². The van der Waals surface area contributed by atoms with Crippen molar-refractivity contribution in [2.45, 2.75) is 23.9 Å². The van der Waals surface area contributed by atoms with Gasteiger partial charge >= 0.3 is 12.1 Å². The molecule has 1 aliphatic rings. The van der Waals surface area contributed by atoms with Crippen LogP contribution in [0.15, 0.2) is 23.2 Å². The van der Waals surface area contributed by atoms with E-state index < -0.39 is 33.8 Å². The predicted molar refractivity (Wildman–Crippen MR) is 68.4 cm³/mol. The van der Waals surface area contributed by atoms with Crippen LogP contribution in [0.25, 0.3) is 0 Å². The molecule has 0 amide bonds. The van der Waals surface area contributed by atoms with Crippen molar-refractivity contribution in [3.63, 3.8) is 0 Å². The van der Waals surface area contributed by atoms with Gasteiger partial charge in [0.25, 0.3) is 0 Å². The number of hydrogen-bond donors (Lipinski definition) is 1. The third kappa shape index (κ3) is 3.38. The summed E-state index contributed by atoms with van der Waals surface area (Å²) in [6, 6.07) is 1.46. The molecule has 1 aromatic heterocycles. The summed E-state index contributed by atoms with van der Waals surface area (Å²) < 4.78 is 62.9. The van der Waals surface area contributed by atoms with Gasteiger partial charge in [0, 0.05) is 19.3 Å². The number of pyridine rings is 1. The quantitative estimate of drug-likeness (QED) is 0.904. The molecule has 1 aromatic rings. The number of halogens is 3. The highest BCUT2D eigenvalue weighted by Gasteiger charge is 2.35. The van der Waals surface area contributed by atoms with Crippen LogP contribution in [0.2, 0.25) is 0 Å². The van der Waals surface area contributed by atoms with Crippen LogP contribution in [0.5, 0.6) is 0 Å². The second-order valence-corrected chi connectivity index (χ2v) is 6.83. The largest absolute Gasteiger partial charge is 0.481 e. The number of piperidine rings is 1. The van der Waals surface area contributed by atoms with E-state index >= 15 is 0 Å². The van der Waals surface area contributed by atoms with Crippen molar-refractivity contribution in [1.82, 2.24) is 9.29 Å². The maximum atomic E-state index is 12.4. The molecule has 0 aromatic carbocycles. The van der Waals surface area contributed by atoms with Gasteiger partial charge in [-0.05, 0) is 25.0 Å². The minimum atomic E-state index is -4.64. The first-order valence-corrected chi connectivity index (χ1v) is 7.82. The van der Waals surface area contributed by atoms with E-state index in [1.54, 1.807) is 0 Å². The minimum Gasteiger partial charge on any atom is -0.481 e. The van der Waals surface area contributed by atoms with Crippen molar-refractivity contribution in [2.75, 3.05) is 13.1 Å². The van der Waals surface area contributed by atoms with E-state index in [9.17, 15) is 26.4 Å². The lowest BCUT2D eigenvalue weighted by Gasteiger charge is -2.29. The summed E-state index contributed by atoms with van der Waals surface area (Å²) in [6.45, 7) is 0.0284. The van der Waals surface area contributed by atoms with E-state index in [4.69, 9.17) is 5.11 Å². The van der Waals surface area contributed by atoms with Gasteiger partial charge in [0.05, 0.1) is 5.92 Å². The molecule has 2 heterocycles. The van der Waals surface area contributed by atoms with Crippen molar-refractivity contribution >= 4 is 16.0 Å². The molecule has 0 radical (unpaired) electrons. The number of carboxylic acids is 1. The second-order valence-electron chi connectivity index (χ2n) is 4.89. The number of hydrogen-bond acceptors (Lipinski definition) is 4. The molecule has 22 heavy (non-hydrogen) atoms. The Morgan fingerprint density at radius 3 is 2.27 bits per heavy atom. The van der Waals surface area contributed by atoms with E-state index in [0.29, 0.717) is 12.3 Å². The van der Waals surface area contributed by atoms with Crippen molar-refractivity contribution < 1.29 is 31.5 Å². The number of sulfonamides is 1. The van der Waals surface area contributed by atoms with E-state index in [0.717, 1.165) is 10.4 Å². The van der Waals surface area contributed by atoms with E-state index in [1.807, 2.05) is 0 Å². The molecule has 0 atom stereocenters. The van der Waals surface area contributed by atoms with Gasteiger partial charge in [-0.15, -0.1) is 0 Å². The summed E-state index contributed by atoms with van der Waals surface area (Å²) in [4.78, 5) is 13.6. The first-order valence-electron chi connectivity index (χ1n) is 6.38. The van der Waals surface area contributed by atoms with Gasteiger partial charge in [-0.25, -0.2) is 8.42 Å². The van der Waals surface area contributed by atoms with Crippen molar-refractivity contribution in [1.29, 1.82) is 0 Å². The molecule has 0 spiro atoms. The summed E-state index contributed by atoms with van der Waals surface area (Å²) in [7, 11) is -3.96. The fraction of sp³-hybridized carbons (Fsp3) is 0.500. The molecule has 0 bridgehead atoms. The van der Waals surface area contributed by atoms with Crippen molar-refractivity contribution in [2.24, 2.45) is 5.92 Å². The monoisotopic (exact) mass is 338 g/mol. The molecule has 0 saturated carbocycles. The molecule has 1 N–H and O–H groups in total. The van der Waals surface area contributed by atoms with Crippen LogP contribution in [-0.2, 0) is 21.0 Å². The molecule has 0 unspecified atom stereocenters. The van der Waals surface area contributed by atoms with Crippen LogP contribution in [0.1, 0.15) is 18.5 Å². The summed E-state index contributed by atoms with van der Waals surface area (Å²) >= 11 is 0. The molecule has 122 valence electrons. The number of rotatable bonds is 3. The van der Waals surface area contributed by atoms with E-state index in [2.05, 4.69) is 4.98 Å². The van der Waals surface area contributed by atoms with Gasteiger partial charge in [0.2, 0.25) is 10.0 Å². The van der Waals surface area contributed by atoms with Gasteiger partial charge < -0.3 is 5.11 Å². The molecule has 1 fully saturated rings. The number of aromatic nitrogens is 1. The zero-order valence-electron chi connectivity index (χ0n) is 11.2. The van der Waals surface area contributed by atoms with Crippen LogP contribution in [0.3, 0.4) is 0 Å². The lowest BCUT2D eigenvalue weighted by atomic mass is 9.99. The van der Waals surface area contributed by atoms with Crippen LogP contribution in [0.4, 0.5) is 13.2 Å². The number of aliphatic carboxylic acids is 1. The van der Waals surface area contributed by atoms with Crippen LogP contribution in [0, 0.1) is 5.92 Å². The maximum Gasteiger partial charge on any atom is 0.433 e. The highest BCUT2D eigenvalue weighted by Crippen LogP contribution is 2.29. The first-order chi connectivity index (χ1) is 10.1. The SMILES string of the molecule is O=C(O)C1CCN(S(=O)(=O)c2ccc(C(F)(F)F)nc2)CC1. The maximum absolute atomic E-state index is 12.4. The number of carbonyl (C=O) groups is 1. The summed E-state index contributed by atoms with van der Waals surface area (Å²) in [6.07, 6.45) is -3.63. The Morgan fingerprint density at radius 2 is 1.86 bits per heavy atom. The molecular formula is C12H13F3N2O4S. The van der Waals surface area contributed by atoms with Gasteiger partial charge in [-0.2, -0.15) is 17.5 Å². The van der Waals surface area contributed by atoms with Gasteiger partial charge in [0.15, 0.2) is 0 Å². The smallest absolute Gasteiger partial charge is 0.433 e. The summed E-state index contributed by atoms with van der Waals surface area (Å²) in [5.74, 6) is -1.58. The summed E-state index contributed by atoms with van der Waals surface area (Å²) in [5.41, 5.74) is -1.17. The third-order valence-electron chi connectivity index (χ3n) is 3.47. The zero-order chi connectivity index (χ0) is 16.5. The Morgan fingerprint density at radius 1 is 1.27 bits per heavy atom. The lowest BCUT2D eigenvalue weighted by Crippen LogP contribution is -2.40. The number of nitrogens with zero attached hydrogens (tertiary/aromatic N) is 2. The van der Waals surface area contributed by atoms with E-state index in [-0.39, 0.29) is 30.8 Å². The van der Waals surface area contributed by atoms with Gasteiger partial charge in [-0.1, -0.05) is 0 Å². The first kappa shape index (κ1) is 16.7. The fourth-order valence-electron chi connectivity index (χ4n) is 2.19. The highest BCUT2D eigenvalue weighted by molar-refractivity contribution is 7.89. The van der Waals surface area contributed by atoms with Crippen molar-refractivity contribution in [3.05, 3.63) is 24.0 Å². The number of alkyl halides is 3. The predicted octanol–water partition coefficient (Wildman–Crippen LogP) is 1.59. The van der Waals surface area contributed by atoms with Crippen LogP contribution >= 0.6 is 0 Å².